The summed E-state index contributed by atoms with van der Waals surface area (Å²) in [5.74, 6) is -2.25. The highest BCUT2D eigenvalue weighted by Crippen LogP contribution is 2.26. The van der Waals surface area contributed by atoms with Crippen molar-refractivity contribution in [3.8, 4) is 0 Å². The molecule has 18 heavy (non-hydrogen) atoms. The van der Waals surface area contributed by atoms with E-state index in [2.05, 4.69) is 20.3 Å². The lowest BCUT2D eigenvalue weighted by Crippen LogP contribution is -2.26. The second-order valence-corrected chi connectivity index (χ2v) is 4.03. The zero-order valence-electron chi connectivity index (χ0n) is 9.86. The van der Waals surface area contributed by atoms with E-state index >= 15 is 0 Å². The molecule has 1 atom stereocenters. The summed E-state index contributed by atoms with van der Waals surface area (Å²) in [7, 11) is 0. The molecule has 6 nitrogen and oxygen atoms in total. The standard InChI is InChI=1S/C9H14F3N5O/c1-4(2)5(18)3-14-8-16-6(9(10,11)12)15-7(13)17-8/h4-5,18H,3H2,1-2H3,(H3,13,14,15,16,17). The summed E-state index contributed by atoms with van der Waals surface area (Å²) in [5.41, 5.74) is 5.16. The summed E-state index contributed by atoms with van der Waals surface area (Å²) in [5, 5.41) is 12.0. The lowest BCUT2D eigenvalue weighted by Gasteiger charge is -2.15. The van der Waals surface area contributed by atoms with Crippen molar-refractivity contribution in [3.63, 3.8) is 0 Å². The van der Waals surface area contributed by atoms with Crippen LogP contribution in [0.25, 0.3) is 0 Å². The molecular weight excluding hydrogens is 251 g/mol. The number of rotatable bonds is 4. The lowest BCUT2D eigenvalue weighted by atomic mass is 10.1. The summed E-state index contributed by atoms with van der Waals surface area (Å²) in [6.07, 6.45) is -5.42. The Morgan fingerprint density at radius 3 is 2.39 bits per heavy atom. The van der Waals surface area contributed by atoms with Gasteiger partial charge >= 0.3 is 6.18 Å². The number of aromatic nitrogens is 3. The fraction of sp³-hybridized carbons (Fsp3) is 0.667. The van der Waals surface area contributed by atoms with Gasteiger partial charge in [-0.1, -0.05) is 13.8 Å². The predicted octanol–water partition coefficient (Wildman–Crippen LogP) is 0.901. The second kappa shape index (κ2) is 5.34. The van der Waals surface area contributed by atoms with Crippen LogP contribution in [0.1, 0.15) is 19.7 Å². The van der Waals surface area contributed by atoms with E-state index in [0.29, 0.717) is 0 Å². The smallest absolute Gasteiger partial charge is 0.391 e. The Kier molecular flexibility index (Phi) is 4.28. The Morgan fingerprint density at radius 1 is 1.28 bits per heavy atom. The van der Waals surface area contributed by atoms with Crippen LogP contribution in [0.2, 0.25) is 0 Å². The van der Waals surface area contributed by atoms with E-state index in [-0.39, 0.29) is 18.4 Å². The van der Waals surface area contributed by atoms with Crippen molar-refractivity contribution in [2.75, 3.05) is 17.6 Å². The summed E-state index contributed by atoms with van der Waals surface area (Å²) >= 11 is 0. The maximum absolute atomic E-state index is 12.4. The molecule has 0 aliphatic heterocycles. The highest BCUT2D eigenvalue weighted by Gasteiger charge is 2.35. The molecule has 0 fully saturated rings. The van der Waals surface area contributed by atoms with E-state index in [1.54, 1.807) is 13.8 Å². The quantitative estimate of drug-likeness (QED) is 0.748. The molecule has 102 valence electrons. The van der Waals surface area contributed by atoms with E-state index in [0.717, 1.165) is 0 Å². The first-order chi connectivity index (χ1) is 8.20. The van der Waals surface area contributed by atoms with Crippen LogP contribution in [0.5, 0.6) is 0 Å². The number of hydrogen-bond donors (Lipinski definition) is 3. The molecular formula is C9H14F3N5O. The SMILES string of the molecule is CC(C)C(O)CNc1nc(N)nc(C(F)(F)F)n1. The zero-order valence-corrected chi connectivity index (χ0v) is 9.86. The molecule has 0 radical (unpaired) electrons. The van der Waals surface area contributed by atoms with Crippen LogP contribution in [-0.4, -0.2) is 32.7 Å². The van der Waals surface area contributed by atoms with Crippen molar-refractivity contribution in [2.45, 2.75) is 26.1 Å². The van der Waals surface area contributed by atoms with Gasteiger partial charge in [0.05, 0.1) is 6.10 Å². The Morgan fingerprint density at radius 2 is 1.89 bits per heavy atom. The molecule has 1 rings (SSSR count). The second-order valence-electron chi connectivity index (χ2n) is 4.03. The van der Waals surface area contributed by atoms with Crippen molar-refractivity contribution in [2.24, 2.45) is 5.92 Å². The first kappa shape index (κ1) is 14.4. The number of hydrogen-bond acceptors (Lipinski definition) is 6. The van der Waals surface area contributed by atoms with Gasteiger partial charge in [-0.25, -0.2) is 0 Å². The van der Waals surface area contributed by atoms with Crippen molar-refractivity contribution in [3.05, 3.63) is 5.82 Å². The molecule has 1 aromatic heterocycles. The number of aliphatic hydroxyl groups excluding tert-OH is 1. The van der Waals surface area contributed by atoms with Crippen molar-refractivity contribution >= 4 is 11.9 Å². The third kappa shape index (κ3) is 3.99. The number of nitrogens with one attached hydrogen (secondary N) is 1. The van der Waals surface area contributed by atoms with Crippen LogP contribution in [-0.2, 0) is 6.18 Å². The van der Waals surface area contributed by atoms with E-state index in [9.17, 15) is 18.3 Å². The summed E-state index contributed by atoms with van der Waals surface area (Å²) < 4.78 is 37.2. The first-order valence-electron chi connectivity index (χ1n) is 5.21. The molecule has 9 heteroatoms. The summed E-state index contributed by atoms with van der Waals surface area (Å²) in [4.78, 5) is 9.69. The Bertz CT molecular complexity index is 410. The van der Waals surface area contributed by atoms with Crippen LogP contribution >= 0.6 is 0 Å². The number of nitrogens with two attached hydrogens (primary N) is 1. The van der Waals surface area contributed by atoms with E-state index in [1.165, 1.54) is 0 Å². The average molecular weight is 265 g/mol. The molecule has 1 unspecified atom stereocenters. The molecule has 0 aliphatic rings. The summed E-state index contributed by atoms with van der Waals surface area (Å²) in [6.45, 7) is 3.57. The Hall–Kier alpha value is -1.64. The molecule has 0 bridgehead atoms. The number of anilines is 2. The van der Waals surface area contributed by atoms with Crippen LogP contribution in [0.4, 0.5) is 25.1 Å². The Labute approximate surface area is 101 Å². The van der Waals surface area contributed by atoms with Gasteiger partial charge in [0.25, 0.3) is 0 Å². The fourth-order valence-corrected chi connectivity index (χ4v) is 1.03. The van der Waals surface area contributed by atoms with Crippen LogP contribution in [0.15, 0.2) is 0 Å². The Balaban J connectivity index is 2.81. The van der Waals surface area contributed by atoms with Gasteiger partial charge in [-0.3, -0.25) is 0 Å². The van der Waals surface area contributed by atoms with Gasteiger partial charge in [0, 0.05) is 6.54 Å². The number of nitrogen functional groups attached to an aromatic ring is 1. The maximum Gasteiger partial charge on any atom is 0.451 e. The van der Waals surface area contributed by atoms with Crippen LogP contribution in [0.3, 0.4) is 0 Å². The molecule has 1 aromatic rings. The first-order valence-corrected chi connectivity index (χ1v) is 5.21. The van der Waals surface area contributed by atoms with E-state index < -0.39 is 24.1 Å². The van der Waals surface area contributed by atoms with Gasteiger partial charge in [0.2, 0.25) is 17.7 Å². The van der Waals surface area contributed by atoms with Gasteiger partial charge in [-0.05, 0) is 5.92 Å². The van der Waals surface area contributed by atoms with E-state index in [4.69, 9.17) is 5.73 Å². The monoisotopic (exact) mass is 265 g/mol. The van der Waals surface area contributed by atoms with Crippen LogP contribution in [0, 0.1) is 5.92 Å². The average Bonchev–Trinajstić information content (AvgIpc) is 2.23. The third-order valence-electron chi connectivity index (χ3n) is 2.15. The number of nitrogens with zero attached hydrogens (tertiary/aromatic N) is 3. The highest BCUT2D eigenvalue weighted by atomic mass is 19.4. The van der Waals surface area contributed by atoms with Crippen LogP contribution < -0.4 is 11.1 Å². The van der Waals surface area contributed by atoms with Crippen molar-refractivity contribution in [1.29, 1.82) is 0 Å². The van der Waals surface area contributed by atoms with Gasteiger partial charge in [-0.2, -0.15) is 28.1 Å². The van der Waals surface area contributed by atoms with E-state index in [1.807, 2.05) is 0 Å². The normalized spacial score (nSPS) is 13.7. The minimum Gasteiger partial charge on any atom is -0.391 e. The minimum absolute atomic E-state index is 0.0262. The minimum atomic E-state index is -4.69. The van der Waals surface area contributed by atoms with Gasteiger partial charge < -0.3 is 16.2 Å². The van der Waals surface area contributed by atoms with Crippen molar-refractivity contribution in [1.82, 2.24) is 15.0 Å². The molecule has 0 aromatic carbocycles. The van der Waals surface area contributed by atoms with Gasteiger partial charge in [-0.15, -0.1) is 0 Å². The molecule has 0 saturated heterocycles. The zero-order chi connectivity index (χ0) is 13.9. The number of aliphatic hydroxyl groups is 1. The molecule has 4 N–H and O–H groups in total. The third-order valence-corrected chi connectivity index (χ3v) is 2.15. The number of alkyl halides is 3. The lowest BCUT2D eigenvalue weighted by molar-refractivity contribution is -0.144. The topological polar surface area (TPSA) is 97.0 Å². The van der Waals surface area contributed by atoms with Gasteiger partial charge in [0.15, 0.2) is 0 Å². The molecule has 1 heterocycles. The van der Waals surface area contributed by atoms with Crippen molar-refractivity contribution < 1.29 is 18.3 Å². The highest BCUT2D eigenvalue weighted by molar-refractivity contribution is 5.31. The molecule has 0 amide bonds. The largest absolute Gasteiger partial charge is 0.451 e. The summed E-state index contributed by atoms with van der Waals surface area (Å²) in [6, 6.07) is 0. The van der Waals surface area contributed by atoms with Gasteiger partial charge in [0.1, 0.15) is 0 Å². The maximum atomic E-state index is 12.4. The molecule has 0 saturated carbocycles. The molecule has 0 spiro atoms. The predicted molar refractivity (Wildman–Crippen MR) is 58.6 cm³/mol. The number of halogens is 3. The molecule has 0 aliphatic carbocycles. The fourth-order valence-electron chi connectivity index (χ4n) is 1.03.